The van der Waals surface area contributed by atoms with Gasteiger partial charge in [0.25, 0.3) is 5.56 Å². The van der Waals surface area contributed by atoms with E-state index in [1.165, 1.54) is 12.3 Å². The summed E-state index contributed by atoms with van der Waals surface area (Å²) in [6, 6.07) is 8.35. The number of ether oxygens (including phenoxy) is 2. The van der Waals surface area contributed by atoms with Gasteiger partial charge in [0, 0.05) is 18.3 Å². The lowest BCUT2D eigenvalue weighted by atomic mass is 10.0. The Labute approximate surface area is 137 Å². The zero-order chi connectivity index (χ0) is 16.9. The molecule has 0 unspecified atom stereocenters. The number of H-pyrrole nitrogens is 1. The van der Waals surface area contributed by atoms with Crippen LogP contribution in [0.1, 0.15) is 22.3 Å². The van der Waals surface area contributed by atoms with E-state index in [9.17, 15) is 14.4 Å². The predicted octanol–water partition coefficient (Wildman–Crippen LogP) is 1.50. The number of rotatable bonds is 5. The van der Waals surface area contributed by atoms with Gasteiger partial charge in [-0.2, -0.15) is 0 Å². The average Bonchev–Trinajstić information content (AvgIpc) is 2.59. The Balaban J connectivity index is 1.50. The van der Waals surface area contributed by atoms with Crippen molar-refractivity contribution in [3.05, 3.63) is 58.0 Å². The third kappa shape index (κ3) is 3.62. The topological polar surface area (TPSA) is 97.5 Å². The first-order chi connectivity index (χ1) is 11.6. The van der Waals surface area contributed by atoms with E-state index >= 15 is 0 Å². The molecule has 0 fully saturated rings. The third-order valence-electron chi connectivity index (χ3n) is 3.60. The minimum atomic E-state index is -0.686. The Hall–Kier alpha value is -3.09. The molecule has 3 rings (SSSR count). The van der Waals surface area contributed by atoms with Crippen LogP contribution in [0.2, 0.25) is 0 Å². The van der Waals surface area contributed by atoms with Crippen molar-refractivity contribution in [1.82, 2.24) is 4.98 Å². The Kier molecular flexibility index (Phi) is 4.60. The van der Waals surface area contributed by atoms with Crippen molar-refractivity contribution in [1.29, 1.82) is 0 Å². The summed E-state index contributed by atoms with van der Waals surface area (Å²) in [7, 11) is 0. The van der Waals surface area contributed by atoms with E-state index in [1.807, 2.05) is 6.07 Å². The number of pyridine rings is 1. The number of carbonyl (C=O) groups excluding carboxylic acids is 2. The molecule has 0 saturated carbocycles. The molecule has 1 aromatic carbocycles. The number of nitrogens with one attached hydrogen (secondary N) is 2. The van der Waals surface area contributed by atoms with Crippen LogP contribution in [-0.2, 0) is 16.0 Å². The molecule has 0 saturated heterocycles. The van der Waals surface area contributed by atoms with E-state index in [2.05, 4.69) is 10.3 Å². The number of carbonyl (C=O) groups is 2. The molecule has 1 aliphatic rings. The summed E-state index contributed by atoms with van der Waals surface area (Å²) >= 11 is 0. The lowest BCUT2D eigenvalue weighted by molar-refractivity contribution is -0.116. The highest BCUT2D eigenvalue weighted by Gasteiger charge is 2.15. The molecule has 2 heterocycles. The number of anilines is 1. The van der Waals surface area contributed by atoms with Crippen LogP contribution in [0.15, 0.2) is 41.3 Å². The van der Waals surface area contributed by atoms with Gasteiger partial charge in [-0.3, -0.25) is 9.59 Å². The lowest BCUT2D eigenvalue weighted by Gasteiger charge is -2.17. The second-order valence-corrected chi connectivity index (χ2v) is 5.26. The number of aromatic nitrogens is 1. The Morgan fingerprint density at radius 1 is 1.12 bits per heavy atom. The molecular weight excluding hydrogens is 312 g/mol. The fourth-order valence-corrected chi connectivity index (χ4v) is 2.40. The highest BCUT2D eigenvalue weighted by Crippen LogP contribution is 2.26. The third-order valence-corrected chi connectivity index (χ3v) is 3.60. The maximum Gasteiger partial charge on any atom is 0.343 e. The molecule has 1 amide bonds. The summed E-state index contributed by atoms with van der Waals surface area (Å²) in [6.45, 7) is 0.197. The molecule has 2 aromatic rings. The minimum Gasteiger partial charge on any atom is -0.490 e. The van der Waals surface area contributed by atoms with Gasteiger partial charge in [0.15, 0.2) is 0 Å². The number of fused-ring (bicyclic) bond motifs is 1. The smallest absolute Gasteiger partial charge is 0.343 e. The van der Waals surface area contributed by atoms with Crippen molar-refractivity contribution in [3.8, 4) is 5.75 Å². The number of hydrogen-bond donors (Lipinski definition) is 2. The SMILES string of the molecule is O=C1CCc2cc(OCCOC(=O)c3ccc[nH]c3=O)ccc2N1. The van der Waals surface area contributed by atoms with Crippen molar-refractivity contribution in [2.45, 2.75) is 12.8 Å². The highest BCUT2D eigenvalue weighted by atomic mass is 16.6. The van der Waals surface area contributed by atoms with Crippen molar-refractivity contribution in [2.24, 2.45) is 0 Å². The zero-order valence-electron chi connectivity index (χ0n) is 12.8. The largest absolute Gasteiger partial charge is 0.490 e. The van der Waals surface area contributed by atoms with E-state index in [0.717, 1.165) is 11.3 Å². The fraction of sp³-hybridized carbons (Fsp3) is 0.235. The first-order valence-corrected chi connectivity index (χ1v) is 7.54. The highest BCUT2D eigenvalue weighted by molar-refractivity contribution is 5.94. The van der Waals surface area contributed by atoms with Crippen molar-refractivity contribution in [3.63, 3.8) is 0 Å². The van der Waals surface area contributed by atoms with Gasteiger partial charge in [-0.15, -0.1) is 0 Å². The Bertz CT molecular complexity index is 828. The molecule has 0 radical (unpaired) electrons. The molecular formula is C17H16N2O5. The van der Waals surface area contributed by atoms with Gasteiger partial charge in [-0.1, -0.05) is 0 Å². The van der Waals surface area contributed by atoms with Gasteiger partial charge in [-0.05, 0) is 42.3 Å². The monoisotopic (exact) mass is 328 g/mol. The van der Waals surface area contributed by atoms with Gasteiger partial charge in [0.05, 0.1) is 0 Å². The minimum absolute atomic E-state index is 0.0129. The van der Waals surface area contributed by atoms with Crippen LogP contribution in [-0.4, -0.2) is 30.1 Å². The normalized spacial score (nSPS) is 12.9. The van der Waals surface area contributed by atoms with E-state index in [-0.39, 0.29) is 24.7 Å². The summed E-state index contributed by atoms with van der Waals surface area (Å²) in [4.78, 5) is 36.9. The summed E-state index contributed by atoms with van der Waals surface area (Å²) in [5.74, 6) is -0.0360. The van der Waals surface area contributed by atoms with E-state index in [4.69, 9.17) is 9.47 Å². The summed E-state index contributed by atoms with van der Waals surface area (Å²) in [6.07, 6.45) is 2.57. The van der Waals surface area contributed by atoms with Crippen molar-refractivity contribution >= 4 is 17.6 Å². The fourth-order valence-electron chi connectivity index (χ4n) is 2.40. The first-order valence-electron chi connectivity index (χ1n) is 7.54. The molecule has 0 aliphatic carbocycles. The molecule has 7 heteroatoms. The first kappa shape index (κ1) is 15.8. The van der Waals surface area contributed by atoms with Gasteiger partial charge < -0.3 is 19.8 Å². The number of benzene rings is 1. The molecule has 0 spiro atoms. The molecule has 24 heavy (non-hydrogen) atoms. The second kappa shape index (κ2) is 6.99. The van der Waals surface area contributed by atoms with Gasteiger partial charge in [-0.25, -0.2) is 4.79 Å². The maximum absolute atomic E-state index is 11.8. The van der Waals surface area contributed by atoms with E-state index in [0.29, 0.717) is 18.6 Å². The molecule has 1 aromatic heterocycles. The predicted molar refractivity (Wildman–Crippen MR) is 86.2 cm³/mol. The van der Waals surface area contributed by atoms with Crippen LogP contribution in [0.3, 0.4) is 0 Å². The van der Waals surface area contributed by atoms with E-state index < -0.39 is 11.5 Å². The maximum atomic E-state index is 11.8. The zero-order valence-corrected chi connectivity index (χ0v) is 12.8. The van der Waals surface area contributed by atoms with Crippen LogP contribution < -0.4 is 15.6 Å². The van der Waals surface area contributed by atoms with Crippen LogP contribution >= 0.6 is 0 Å². The molecule has 2 N–H and O–H groups in total. The summed E-state index contributed by atoms with van der Waals surface area (Å²) in [5.41, 5.74) is 1.29. The summed E-state index contributed by atoms with van der Waals surface area (Å²) in [5, 5.41) is 2.80. The summed E-state index contributed by atoms with van der Waals surface area (Å²) < 4.78 is 10.6. The average molecular weight is 328 g/mol. The van der Waals surface area contributed by atoms with Gasteiger partial charge in [0.1, 0.15) is 24.5 Å². The number of hydrogen-bond acceptors (Lipinski definition) is 5. The Morgan fingerprint density at radius 2 is 2.00 bits per heavy atom. The molecule has 7 nitrogen and oxygen atoms in total. The quantitative estimate of drug-likeness (QED) is 0.640. The number of amides is 1. The van der Waals surface area contributed by atoms with Crippen LogP contribution in [0.4, 0.5) is 5.69 Å². The van der Waals surface area contributed by atoms with Crippen LogP contribution in [0.5, 0.6) is 5.75 Å². The number of aromatic amines is 1. The lowest BCUT2D eigenvalue weighted by Crippen LogP contribution is -2.21. The standard InChI is InChI=1S/C17H16N2O5/c20-15-6-3-11-10-12(4-5-14(11)19-15)23-8-9-24-17(22)13-2-1-7-18-16(13)21/h1-2,4-5,7,10H,3,6,8-9H2,(H,18,21)(H,19,20). The van der Waals surface area contributed by atoms with Crippen LogP contribution in [0, 0.1) is 0 Å². The van der Waals surface area contributed by atoms with Crippen LogP contribution in [0.25, 0.3) is 0 Å². The van der Waals surface area contributed by atoms with Crippen molar-refractivity contribution in [2.75, 3.05) is 18.5 Å². The number of esters is 1. The van der Waals surface area contributed by atoms with Gasteiger partial charge in [0.2, 0.25) is 5.91 Å². The second-order valence-electron chi connectivity index (χ2n) is 5.26. The molecule has 1 aliphatic heterocycles. The molecule has 0 bridgehead atoms. The Morgan fingerprint density at radius 3 is 2.83 bits per heavy atom. The van der Waals surface area contributed by atoms with Gasteiger partial charge >= 0.3 is 5.97 Å². The van der Waals surface area contributed by atoms with E-state index in [1.54, 1.807) is 18.2 Å². The van der Waals surface area contributed by atoms with Crippen molar-refractivity contribution < 1.29 is 19.1 Å². The number of aryl methyl sites for hydroxylation is 1. The molecule has 0 atom stereocenters. The molecule has 124 valence electrons.